The first-order chi connectivity index (χ1) is 7.57. The van der Waals surface area contributed by atoms with Gasteiger partial charge in [0.1, 0.15) is 5.57 Å². The van der Waals surface area contributed by atoms with Crippen LogP contribution < -0.4 is 0 Å². The lowest BCUT2D eigenvalue weighted by Crippen LogP contribution is -2.09. The summed E-state index contributed by atoms with van der Waals surface area (Å²) in [4.78, 5) is 21.6. The smallest absolute Gasteiger partial charge is 0.340 e. The van der Waals surface area contributed by atoms with Gasteiger partial charge in [0, 0.05) is 0 Å². The van der Waals surface area contributed by atoms with Crippen molar-refractivity contribution in [2.24, 2.45) is 0 Å². The summed E-state index contributed by atoms with van der Waals surface area (Å²) in [6.07, 6.45) is 0. The van der Waals surface area contributed by atoms with E-state index in [2.05, 4.69) is 4.74 Å². The molecular weight excluding hydrogens is 210 g/mol. The standard InChI is InChI=1S/C11H11NO4/c1-8(11(13)16-2)10(12(14)15)9-6-4-3-5-7-9/h3-7H,1-2H3/b10-8+. The number of carbonyl (C=O) groups excluding carboxylic acids is 1. The summed E-state index contributed by atoms with van der Waals surface area (Å²) >= 11 is 0. The number of rotatable bonds is 3. The quantitative estimate of drug-likeness (QED) is 0.338. The van der Waals surface area contributed by atoms with E-state index < -0.39 is 10.9 Å². The monoisotopic (exact) mass is 221 g/mol. The Kier molecular flexibility index (Phi) is 3.77. The SMILES string of the molecule is COC(=O)/C(C)=C(\c1ccccc1)[N+](=O)[O-]. The number of nitrogens with zero attached hydrogens (tertiary/aromatic N) is 1. The average molecular weight is 221 g/mol. The fourth-order valence-corrected chi connectivity index (χ4v) is 1.30. The van der Waals surface area contributed by atoms with E-state index in [1.54, 1.807) is 30.3 Å². The second-order valence-corrected chi connectivity index (χ2v) is 3.09. The Morgan fingerprint density at radius 1 is 1.31 bits per heavy atom. The second-order valence-electron chi connectivity index (χ2n) is 3.09. The van der Waals surface area contributed by atoms with Gasteiger partial charge in [0.25, 0.3) is 5.70 Å². The van der Waals surface area contributed by atoms with Crippen molar-refractivity contribution in [2.75, 3.05) is 7.11 Å². The topological polar surface area (TPSA) is 69.4 Å². The Morgan fingerprint density at radius 2 is 1.88 bits per heavy atom. The van der Waals surface area contributed by atoms with Gasteiger partial charge in [-0.25, -0.2) is 4.79 Å². The first-order valence-electron chi connectivity index (χ1n) is 4.57. The number of hydrogen-bond acceptors (Lipinski definition) is 4. The van der Waals surface area contributed by atoms with Crippen LogP contribution in [0.15, 0.2) is 35.9 Å². The fourth-order valence-electron chi connectivity index (χ4n) is 1.30. The van der Waals surface area contributed by atoms with Crippen molar-refractivity contribution in [3.05, 3.63) is 51.6 Å². The lowest BCUT2D eigenvalue weighted by Gasteiger charge is -2.02. The number of methoxy groups -OCH3 is 1. The largest absolute Gasteiger partial charge is 0.465 e. The van der Waals surface area contributed by atoms with Gasteiger partial charge in [0.15, 0.2) is 0 Å². The molecule has 0 aliphatic carbocycles. The summed E-state index contributed by atoms with van der Waals surface area (Å²) in [5.41, 5.74) is 0.140. The highest BCUT2D eigenvalue weighted by Crippen LogP contribution is 2.19. The van der Waals surface area contributed by atoms with Gasteiger partial charge in [-0.2, -0.15) is 0 Å². The highest BCUT2D eigenvalue weighted by molar-refractivity contribution is 5.95. The summed E-state index contributed by atoms with van der Waals surface area (Å²) in [7, 11) is 1.19. The van der Waals surface area contributed by atoms with E-state index in [9.17, 15) is 14.9 Å². The van der Waals surface area contributed by atoms with E-state index in [0.29, 0.717) is 5.56 Å². The third-order valence-electron chi connectivity index (χ3n) is 2.08. The number of benzene rings is 1. The first-order valence-corrected chi connectivity index (χ1v) is 4.57. The van der Waals surface area contributed by atoms with E-state index in [1.807, 2.05) is 0 Å². The van der Waals surface area contributed by atoms with Gasteiger partial charge in [-0.1, -0.05) is 18.2 Å². The summed E-state index contributed by atoms with van der Waals surface area (Å²) in [5, 5.41) is 10.9. The van der Waals surface area contributed by atoms with Crippen LogP contribution in [-0.2, 0) is 9.53 Å². The molecule has 0 saturated heterocycles. The van der Waals surface area contributed by atoms with E-state index in [1.165, 1.54) is 14.0 Å². The Bertz CT molecular complexity index is 437. The number of ether oxygens (including phenoxy) is 1. The molecule has 0 aliphatic heterocycles. The van der Waals surface area contributed by atoms with Gasteiger partial charge in [0.05, 0.1) is 17.6 Å². The maximum absolute atomic E-state index is 11.2. The summed E-state index contributed by atoms with van der Waals surface area (Å²) in [5.74, 6) is -0.699. The molecular formula is C11H11NO4. The number of esters is 1. The molecule has 0 atom stereocenters. The highest BCUT2D eigenvalue weighted by atomic mass is 16.6. The Hall–Kier alpha value is -2.17. The van der Waals surface area contributed by atoms with Crippen LogP contribution in [-0.4, -0.2) is 18.0 Å². The van der Waals surface area contributed by atoms with Crippen molar-refractivity contribution in [3.8, 4) is 0 Å². The minimum absolute atomic E-state index is 0.0151. The number of nitro groups is 1. The lowest BCUT2D eigenvalue weighted by molar-refractivity contribution is -0.376. The highest BCUT2D eigenvalue weighted by Gasteiger charge is 2.22. The molecule has 0 unspecified atom stereocenters. The van der Waals surface area contributed by atoms with Crippen molar-refractivity contribution in [1.82, 2.24) is 0 Å². The molecule has 0 fully saturated rings. The molecule has 84 valence electrons. The maximum atomic E-state index is 11.2. The van der Waals surface area contributed by atoms with Crippen LogP contribution in [0.25, 0.3) is 5.70 Å². The summed E-state index contributed by atoms with van der Waals surface area (Å²) in [6.45, 7) is 1.37. The summed E-state index contributed by atoms with van der Waals surface area (Å²) in [6, 6.07) is 8.23. The molecule has 0 spiro atoms. The average Bonchev–Trinajstić information content (AvgIpc) is 2.29. The van der Waals surface area contributed by atoms with Gasteiger partial charge in [0.2, 0.25) is 0 Å². The van der Waals surface area contributed by atoms with Crippen molar-refractivity contribution in [3.63, 3.8) is 0 Å². The minimum Gasteiger partial charge on any atom is -0.465 e. The fraction of sp³-hybridized carbons (Fsp3) is 0.182. The second kappa shape index (κ2) is 5.06. The number of hydrogen-bond donors (Lipinski definition) is 0. The molecule has 0 saturated carbocycles. The number of carbonyl (C=O) groups is 1. The predicted molar refractivity (Wildman–Crippen MR) is 58.0 cm³/mol. The van der Waals surface area contributed by atoms with Gasteiger partial charge in [-0.3, -0.25) is 10.1 Å². The van der Waals surface area contributed by atoms with Crippen LogP contribution in [0.5, 0.6) is 0 Å². The van der Waals surface area contributed by atoms with Crippen LogP contribution >= 0.6 is 0 Å². The molecule has 1 aromatic carbocycles. The van der Waals surface area contributed by atoms with Gasteiger partial charge in [-0.15, -0.1) is 0 Å². The van der Waals surface area contributed by atoms with Crippen LogP contribution in [0, 0.1) is 10.1 Å². The van der Waals surface area contributed by atoms with E-state index >= 15 is 0 Å². The van der Waals surface area contributed by atoms with E-state index in [4.69, 9.17) is 0 Å². The maximum Gasteiger partial charge on any atom is 0.340 e. The molecule has 0 aliphatic rings. The van der Waals surface area contributed by atoms with Gasteiger partial charge >= 0.3 is 5.97 Å². The Balaban J connectivity index is 3.30. The van der Waals surface area contributed by atoms with Crippen molar-refractivity contribution in [1.29, 1.82) is 0 Å². The zero-order chi connectivity index (χ0) is 12.1. The zero-order valence-corrected chi connectivity index (χ0v) is 8.97. The Morgan fingerprint density at radius 3 is 2.31 bits per heavy atom. The normalized spacial score (nSPS) is 11.6. The van der Waals surface area contributed by atoms with E-state index in [0.717, 1.165) is 0 Å². The lowest BCUT2D eigenvalue weighted by atomic mass is 10.1. The van der Waals surface area contributed by atoms with Crippen molar-refractivity contribution >= 4 is 11.7 Å². The Labute approximate surface area is 92.5 Å². The molecule has 1 aromatic rings. The molecule has 0 radical (unpaired) electrons. The van der Waals surface area contributed by atoms with Crippen LogP contribution in [0.4, 0.5) is 0 Å². The zero-order valence-electron chi connectivity index (χ0n) is 8.97. The molecule has 5 heteroatoms. The molecule has 0 aromatic heterocycles. The van der Waals surface area contributed by atoms with E-state index in [-0.39, 0.29) is 11.3 Å². The van der Waals surface area contributed by atoms with Crippen LogP contribution in [0.2, 0.25) is 0 Å². The van der Waals surface area contributed by atoms with Gasteiger partial charge in [-0.05, 0) is 19.1 Å². The molecule has 0 heterocycles. The van der Waals surface area contributed by atoms with Crippen LogP contribution in [0.1, 0.15) is 12.5 Å². The van der Waals surface area contributed by atoms with Crippen LogP contribution in [0.3, 0.4) is 0 Å². The van der Waals surface area contributed by atoms with Crippen molar-refractivity contribution in [2.45, 2.75) is 6.92 Å². The molecule has 1 rings (SSSR count). The minimum atomic E-state index is -0.699. The van der Waals surface area contributed by atoms with Gasteiger partial charge < -0.3 is 4.74 Å². The summed E-state index contributed by atoms with van der Waals surface area (Å²) < 4.78 is 4.46. The molecule has 0 bridgehead atoms. The van der Waals surface area contributed by atoms with Crippen molar-refractivity contribution < 1.29 is 14.5 Å². The molecule has 0 amide bonds. The predicted octanol–water partition coefficient (Wildman–Crippen LogP) is 1.87. The molecule has 16 heavy (non-hydrogen) atoms. The third kappa shape index (κ3) is 2.44. The molecule has 5 nitrogen and oxygen atoms in total. The molecule has 0 N–H and O–H groups in total. The third-order valence-corrected chi connectivity index (χ3v) is 2.08. The first kappa shape index (κ1) is 11.9.